The molecule has 24 heavy (non-hydrogen) atoms. The Hall–Kier alpha value is -2.62. The molecule has 3 aromatic rings. The van der Waals surface area contributed by atoms with Gasteiger partial charge in [0.2, 0.25) is 0 Å². The van der Waals surface area contributed by atoms with Crippen LogP contribution in [0.4, 0.5) is 0 Å². The molecule has 0 aliphatic carbocycles. The normalized spacial score (nSPS) is 11.0. The summed E-state index contributed by atoms with van der Waals surface area (Å²) in [5.41, 5.74) is 5.27. The van der Waals surface area contributed by atoms with Crippen molar-refractivity contribution in [2.24, 2.45) is 0 Å². The first-order chi connectivity index (χ1) is 11.7. The molecule has 4 nitrogen and oxygen atoms in total. The molecule has 2 heterocycles. The maximum atomic E-state index is 12.8. The summed E-state index contributed by atoms with van der Waals surface area (Å²) in [6.07, 6.45) is 4.47. The number of nitrogens with zero attached hydrogens (tertiary/aromatic N) is 2. The largest absolute Gasteiger partial charge is 0.347 e. The molecule has 4 heteroatoms. The van der Waals surface area contributed by atoms with Gasteiger partial charge in [0.25, 0.3) is 5.91 Å². The molecule has 0 spiro atoms. The van der Waals surface area contributed by atoms with Crippen LogP contribution in [0, 0.1) is 6.92 Å². The van der Waals surface area contributed by atoms with E-state index in [1.54, 1.807) is 12.4 Å². The SMILES string of the molecule is CCc1ccc2c(c1)c(C)c(C(=O)NCc1ccncc1)n2CC. The van der Waals surface area contributed by atoms with E-state index < -0.39 is 0 Å². The van der Waals surface area contributed by atoms with Crippen molar-refractivity contribution in [2.45, 2.75) is 40.3 Å². The lowest BCUT2D eigenvalue weighted by Crippen LogP contribution is -2.26. The van der Waals surface area contributed by atoms with Crippen LogP contribution in [0.1, 0.15) is 41.0 Å². The maximum Gasteiger partial charge on any atom is 0.268 e. The predicted molar refractivity (Wildman–Crippen MR) is 97.1 cm³/mol. The number of pyridine rings is 1. The number of carbonyl (C=O) groups is 1. The fourth-order valence-corrected chi connectivity index (χ4v) is 3.18. The number of nitrogens with one attached hydrogen (secondary N) is 1. The van der Waals surface area contributed by atoms with E-state index in [1.165, 1.54) is 10.9 Å². The summed E-state index contributed by atoms with van der Waals surface area (Å²) in [5.74, 6) is -0.0274. The van der Waals surface area contributed by atoms with Crippen molar-refractivity contribution in [3.8, 4) is 0 Å². The van der Waals surface area contributed by atoms with Gasteiger partial charge in [0, 0.05) is 36.4 Å². The van der Waals surface area contributed by atoms with E-state index in [4.69, 9.17) is 0 Å². The third-order valence-electron chi connectivity index (χ3n) is 4.52. The predicted octanol–water partition coefficient (Wildman–Crippen LogP) is 3.86. The maximum absolute atomic E-state index is 12.8. The van der Waals surface area contributed by atoms with Gasteiger partial charge in [-0.25, -0.2) is 0 Å². The van der Waals surface area contributed by atoms with Crippen molar-refractivity contribution in [1.82, 2.24) is 14.9 Å². The lowest BCUT2D eigenvalue weighted by atomic mass is 10.1. The number of benzene rings is 1. The Balaban J connectivity index is 1.95. The summed E-state index contributed by atoms with van der Waals surface area (Å²) in [4.78, 5) is 16.8. The first-order valence-electron chi connectivity index (χ1n) is 8.44. The number of rotatable bonds is 5. The number of aryl methyl sites for hydroxylation is 3. The molecule has 1 N–H and O–H groups in total. The lowest BCUT2D eigenvalue weighted by Gasteiger charge is -2.10. The monoisotopic (exact) mass is 321 g/mol. The number of fused-ring (bicyclic) bond motifs is 1. The molecule has 0 saturated carbocycles. The van der Waals surface area contributed by atoms with E-state index in [-0.39, 0.29) is 5.91 Å². The molecule has 3 rings (SSSR count). The Morgan fingerprint density at radius 2 is 1.88 bits per heavy atom. The summed E-state index contributed by atoms with van der Waals surface area (Å²) in [6, 6.07) is 10.3. The third kappa shape index (κ3) is 2.92. The molecular formula is C20H23N3O. The van der Waals surface area contributed by atoms with E-state index in [1.807, 2.05) is 19.1 Å². The Kier molecular flexibility index (Phi) is 4.65. The zero-order valence-corrected chi connectivity index (χ0v) is 14.5. The van der Waals surface area contributed by atoms with Gasteiger partial charge >= 0.3 is 0 Å². The van der Waals surface area contributed by atoms with Crippen molar-refractivity contribution in [2.75, 3.05) is 0 Å². The molecule has 0 aliphatic heterocycles. The molecule has 0 fully saturated rings. The molecule has 0 bridgehead atoms. The lowest BCUT2D eigenvalue weighted by molar-refractivity contribution is 0.0941. The van der Waals surface area contributed by atoms with Crippen molar-refractivity contribution < 1.29 is 4.79 Å². The van der Waals surface area contributed by atoms with Crippen LogP contribution in [-0.4, -0.2) is 15.5 Å². The topological polar surface area (TPSA) is 46.9 Å². The summed E-state index contributed by atoms with van der Waals surface area (Å²) in [6.45, 7) is 7.54. The summed E-state index contributed by atoms with van der Waals surface area (Å²) in [7, 11) is 0. The second-order valence-electron chi connectivity index (χ2n) is 5.96. The van der Waals surface area contributed by atoms with Crippen LogP contribution in [0.25, 0.3) is 10.9 Å². The highest BCUT2D eigenvalue weighted by Gasteiger charge is 2.19. The second kappa shape index (κ2) is 6.87. The van der Waals surface area contributed by atoms with Gasteiger partial charge in [0.15, 0.2) is 0 Å². The third-order valence-corrected chi connectivity index (χ3v) is 4.52. The van der Waals surface area contributed by atoms with Crippen molar-refractivity contribution in [1.29, 1.82) is 0 Å². The smallest absolute Gasteiger partial charge is 0.268 e. The van der Waals surface area contributed by atoms with Crippen LogP contribution in [0.2, 0.25) is 0 Å². The summed E-state index contributed by atoms with van der Waals surface area (Å²) < 4.78 is 2.10. The van der Waals surface area contributed by atoms with Crippen LogP contribution < -0.4 is 5.32 Å². The van der Waals surface area contributed by atoms with Gasteiger partial charge < -0.3 is 9.88 Å². The Morgan fingerprint density at radius 3 is 2.54 bits per heavy atom. The zero-order chi connectivity index (χ0) is 17.1. The van der Waals surface area contributed by atoms with Gasteiger partial charge in [-0.1, -0.05) is 13.0 Å². The minimum absolute atomic E-state index is 0.0274. The zero-order valence-electron chi connectivity index (χ0n) is 14.5. The minimum atomic E-state index is -0.0274. The number of amides is 1. The van der Waals surface area contributed by atoms with Crippen molar-refractivity contribution in [3.63, 3.8) is 0 Å². The van der Waals surface area contributed by atoms with Crippen molar-refractivity contribution >= 4 is 16.8 Å². The second-order valence-corrected chi connectivity index (χ2v) is 5.96. The van der Waals surface area contributed by atoms with E-state index in [9.17, 15) is 4.79 Å². The highest BCUT2D eigenvalue weighted by atomic mass is 16.1. The first kappa shape index (κ1) is 16.2. The average Bonchev–Trinajstić information content (AvgIpc) is 2.92. The Bertz CT molecular complexity index is 865. The highest BCUT2D eigenvalue weighted by molar-refractivity contribution is 6.01. The molecule has 1 amide bonds. The van der Waals surface area contributed by atoms with Gasteiger partial charge in [-0.15, -0.1) is 0 Å². The van der Waals surface area contributed by atoms with Gasteiger partial charge in [0.1, 0.15) is 5.69 Å². The molecule has 0 saturated heterocycles. The van der Waals surface area contributed by atoms with Gasteiger partial charge in [-0.05, 0) is 61.2 Å². The van der Waals surface area contributed by atoms with Crippen LogP contribution in [0.3, 0.4) is 0 Å². The van der Waals surface area contributed by atoms with Crippen molar-refractivity contribution in [3.05, 3.63) is 65.1 Å². The summed E-state index contributed by atoms with van der Waals surface area (Å²) in [5, 5.41) is 4.20. The highest BCUT2D eigenvalue weighted by Crippen LogP contribution is 2.27. The van der Waals surface area contributed by atoms with Crippen LogP contribution in [-0.2, 0) is 19.5 Å². The van der Waals surface area contributed by atoms with E-state index in [0.717, 1.165) is 35.3 Å². The molecule has 1 aromatic carbocycles. The van der Waals surface area contributed by atoms with E-state index >= 15 is 0 Å². The van der Waals surface area contributed by atoms with Gasteiger partial charge in [-0.3, -0.25) is 9.78 Å². The summed E-state index contributed by atoms with van der Waals surface area (Å²) >= 11 is 0. The fraction of sp³-hybridized carbons (Fsp3) is 0.300. The number of carbonyl (C=O) groups excluding carboxylic acids is 1. The number of hydrogen-bond donors (Lipinski definition) is 1. The standard InChI is InChI=1S/C20H23N3O/c1-4-15-6-7-18-17(12-15)14(3)19(23(18)5-2)20(24)22-13-16-8-10-21-11-9-16/h6-12H,4-5,13H2,1-3H3,(H,22,24). The number of aromatic nitrogens is 2. The molecule has 0 radical (unpaired) electrons. The minimum Gasteiger partial charge on any atom is -0.347 e. The Labute approximate surface area is 142 Å². The molecular weight excluding hydrogens is 298 g/mol. The molecule has 124 valence electrons. The van der Waals surface area contributed by atoms with Crippen LogP contribution in [0.5, 0.6) is 0 Å². The molecule has 0 atom stereocenters. The van der Waals surface area contributed by atoms with Gasteiger partial charge in [-0.2, -0.15) is 0 Å². The molecule has 2 aromatic heterocycles. The average molecular weight is 321 g/mol. The van der Waals surface area contributed by atoms with E-state index in [2.05, 4.69) is 46.9 Å². The van der Waals surface area contributed by atoms with E-state index in [0.29, 0.717) is 6.54 Å². The number of hydrogen-bond acceptors (Lipinski definition) is 2. The Morgan fingerprint density at radius 1 is 1.12 bits per heavy atom. The van der Waals surface area contributed by atoms with Crippen LogP contribution >= 0.6 is 0 Å². The molecule has 0 aliphatic rings. The first-order valence-corrected chi connectivity index (χ1v) is 8.44. The molecule has 0 unspecified atom stereocenters. The fourth-order valence-electron chi connectivity index (χ4n) is 3.18. The van der Waals surface area contributed by atoms with Crippen LogP contribution in [0.15, 0.2) is 42.7 Å². The van der Waals surface area contributed by atoms with Gasteiger partial charge in [0.05, 0.1) is 0 Å². The quantitative estimate of drug-likeness (QED) is 0.776.